The van der Waals surface area contributed by atoms with Crippen LogP contribution in [0, 0.1) is 0 Å². The fourth-order valence-electron chi connectivity index (χ4n) is 1.77. The molecule has 5 nitrogen and oxygen atoms in total. The van der Waals surface area contributed by atoms with Crippen molar-refractivity contribution in [3.63, 3.8) is 0 Å². The van der Waals surface area contributed by atoms with Crippen molar-refractivity contribution in [2.75, 3.05) is 18.2 Å². The Morgan fingerprint density at radius 3 is 2.65 bits per heavy atom. The number of benzene rings is 2. The van der Waals surface area contributed by atoms with Gasteiger partial charge in [-0.1, -0.05) is 11.6 Å². The van der Waals surface area contributed by atoms with Crippen LogP contribution >= 0.6 is 11.6 Å². The predicted octanol–water partition coefficient (Wildman–Crippen LogP) is 3.37. The standard InChI is InChI=1S/C14H13ClN2O3/c1-20-13-5-2-8(15)6-12(13)17-11-4-3-9(16)7-10(11)14(18)19/h2-7,17H,16H2,1H3,(H,18,19). The lowest BCUT2D eigenvalue weighted by Gasteiger charge is -2.13. The molecule has 20 heavy (non-hydrogen) atoms. The molecule has 0 saturated heterocycles. The molecule has 0 radical (unpaired) electrons. The van der Waals surface area contributed by atoms with Gasteiger partial charge in [0.1, 0.15) is 5.75 Å². The van der Waals surface area contributed by atoms with Crippen molar-refractivity contribution in [1.82, 2.24) is 0 Å². The first kappa shape index (κ1) is 14.0. The number of hydrogen-bond donors (Lipinski definition) is 3. The van der Waals surface area contributed by atoms with Crippen LogP contribution in [0.25, 0.3) is 0 Å². The average Bonchev–Trinajstić information content (AvgIpc) is 2.41. The van der Waals surface area contributed by atoms with Crippen LogP contribution in [-0.4, -0.2) is 18.2 Å². The second-order valence-corrected chi connectivity index (χ2v) is 4.52. The molecule has 0 aliphatic rings. The highest BCUT2D eigenvalue weighted by atomic mass is 35.5. The zero-order valence-electron chi connectivity index (χ0n) is 10.7. The Labute approximate surface area is 120 Å². The number of nitrogens with two attached hydrogens (primary N) is 1. The molecule has 0 aliphatic carbocycles. The number of halogens is 1. The molecule has 104 valence electrons. The van der Waals surface area contributed by atoms with Crippen molar-refractivity contribution in [3.8, 4) is 5.75 Å². The van der Waals surface area contributed by atoms with Crippen molar-refractivity contribution in [1.29, 1.82) is 0 Å². The molecule has 0 fully saturated rings. The molecule has 2 rings (SSSR count). The lowest BCUT2D eigenvalue weighted by atomic mass is 10.1. The molecule has 4 N–H and O–H groups in total. The summed E-state index contributed by atoms with van der Waals surface area (Å²) in [5.74, 6) is -0.511. The molecule has 0 bridgehead atoms. The van der Waals surface area contributed by atoms with Crippen LogP contribution in [0.1, 0.15) is 10.4 Å². The summed E-state index contributed by atoms with van der Waals surface area (Å²) in [4.78, 5) is 11.2. The summed E-state index contributed by atoms with van der Waals surface area (Å²) >= 11 is 5.94. The normalized spacial score (nSPS) is 10.1. The lowest BCUT2D eigenvalue weighted by molar-refractivity contribution is 0.0698. The number of nitrogens with one attached hydrogen (secondary N) is 1. The molecule has 0 amide bonds. The maximum absolute atomic E-state index is 11.2. The van der Waals surface area contributed by atoms with Crippen LogP contribution in [0.15, 0.2) is 36.4 Å². The molecule has 6 heteroatoms. The number of rotatable bonds is 4. The van der Waals surface area contributed by atoms with Crippen molar-refractivity contribution in [3.05, 3.63) is 47.0 Å². The third-order valence-electron chi connectivity index (χ3n) is 2.70. The first-order valence-electron chi connectivity index (χ1n) is 5.74. The van der Waals surface area contributed by atoms with E-state index < -0.39 is 5.97 Å². The summed E-state index contributed by atoms with van der Waals surface area (Å²) in [6.07, 6.45) is 0. The largest absolute Gasteiger partial charge is 0.495 e. The molecule has 0 unspecified atom stereocenters. The Morgan fingerprint density at radius 1 is 1.25 bits per heavy atom. The van der Waals surface area contributed by atoms with Crippen molar-refractivity contribution in [2.24, 2.45) is 0 Å². The smallest absolute Gasteiger partial charge is 0.337 e. The zero-order chi connectivity index (χ0) is 14.7. The highest BCUT2D eigenvalue weighted by molar-refractivity contribution is 6.31. The topological polar surface area (TPSA) is 84.6 Å². The van der Waals surface area contributed by atoms with Crippen LogP contribution < -0.4 is 15.8 Å². The van der Waals surface area contributed by atoms with Crippen LogP contribution in [0.2, 0.25) is 5.02 Å². The minimum Gasteiger partial charge on any atom is -0.495 e. The van der Waals surface area contributed by atoms with Gasteiger partial charge in [-0.3, -0.25) is 0 Å². The van der Waals surface area contributed by atoms with Gasteiger partial charge in [-0.05, 0) is 36.4 Å². The molecule has 0 heterocycles. The second kappa shape index (κ2) is 5.71. The Kier molecular flexibility index (Phi) is 4.00. The van der Waals surface area contributed by atoms with Crippen molar-refractivity contribution in [2.45, 2.75) is 0 Å². The van der Waals surface area contributed by atoms with Crippen molar-refractivity contribution < 1.29 is 14.6 Å². The summed E-state index contributed by atoms with van der Waals surface area (Å²) in [5, 5.41) is 12.7. The summed E-state index contributed by atoms with van der Waals surface area (Å²) < 4.78 is 5.20. The maximum Gasteiger partial charge on any atom is 0.337 e. The fourth-order valence-corrected chi connectivity index (χ4v) is 1.94. The first-order chi connectivity index (χ1) is 9.51. The molecular weight excluding hydrogens is 280 g/mol. The van der Waals surface area contributed by atoms with E-state index in [0.717, 1.165) is 0 Å². The molecule has 0 spiro atoms. The molecule has 0 aromatic heterocycles. The van der Waals surface area contributed by atoms with Gasteiger partial charge in [0, 0.05) is 10.7 Å². The minimum absolute atomic E-state index is 0.0760. The van der Waals surface area contributed by atoms with Gasteiger partial charge in [0.25, 0.3) is 0 Å². The SMILES string of the molecule is COc1ccc(Cl)cc1Nc1ccc(N)cc1C(=O)O. The van der Waals surface area contributed by atoms with E-state index in [1.807, 2.05) is 0 Å². The van der Waals surface area contributed by atoms with Crippen LogP contribution in [0.4, 0.5) is 17.1 Å². The Bertz CT molecular complexity index is 659. The Balaban J connectivity index is 2.44. The number of carbonyl (C=O) groups is 1. The molecule has 0 atom stereocenters. The maximum atomic E-state index is 11.2. The van der Waals surface area contributed by atoms with Gasteiger partial charge in [-0.2, -0.15) is 0 Å². The number of anilines is 3. The van der Waals surface area contributed by atoms with Gasteiger partial charge in [0.15, 0.2) is 0 Å². The summed E-state index contributed by atoms with van der Waals surface area (Å²) in [7, 11) is 1.52. The van der Waals surface area contributed by atoms with Gasteiger partial charge < -0.3 is 20.9 Å². The number of methoxy groups -OCH3 is 1. The summed E-state index contributed by atoms with van der Waals surface area (Å²) in [6, 6.07) is 9.64. The van der Waals surface area contributed by atoms with Gasteiger partial charge in [-0.15, -0.1) is 0 Å². The lowest BCUT2D eigenvalue weighted by Crippen LogP contribution is -2.04. The fraction of sp³-hybridized carbons (Fsp3) is 0.0714. The third kappa shape index (κ3) is 2.95. The van der Waals surface area contributed by atoms with Gasteiger partial charge in [0.2, 0.25) is 0 Å². The van der Waals surface area contributed by atoms with E-state index in [0.29, 0.717) is 27.8 Å². The molecule has 2 aromatic rings. The number of hydrogen-bond acceptors (Lipinski definition) is 4. The van der Waals surface area contributed by atoms with Crippen molar-refractivity contribution >= 4 is 34.6 Å². The number of nitrogen functional groups attached to an aromatic ring is 1. The summed E-state index contributed by atoms with van der Waals surface area (Å²) in [5.41, 5.74) is 7.04. The third-order valence-corrected chi connectivity index (χ3v) is 2.94. The van der Waals surface area contributed by atoms with E-state index in [4.69, 9.17) is 22.1 Å². The molecule has 2 aromatic carbocycles. The average molecular weight is 293 g/mol. The quantitative estimate of drug-likeness (QED) is 0.752. The van der Waals surface area contributed by atoms with Crippen LogP contribution in [0.3, 0.4) is 0 Å². The van der Waals surface area contributed by atoms with E-state index in [1.165, 1.54) is 13.2 Å². The predicted molar refractivity (Wildman–Crippen MR) is 79.1 cm³/mol. The zero-order valence-corrected chi connectivity index (χ0v) is 11.4. The monoisotopic (exact) mass is 292 g/mol. The second-order valence-electron chi connectivity index (χ2n) is 4.08. The minimum atomic E-state index is -1.07. The number of carboxylic acid groups (broad SMARTS) is 1. The Morgan fingerprint density at radius 2 is 2.00 bits per heavy atom. The molecule has 0 saturated carbocycles. The Hall–Kier alpha value is -2.40. The van der Waals surface area contributed by atoms with Crippen LogP contribution in [0.5, 0.6) is 5.75 Å². The van der Waals surface area contributed by atoms with E-state index in [2.05, 4.69) is 5.32 Å². The van der Waals surface area contributed by atoms with Gasteiger partial charge >= 0.3 is 5.97 Å². The van der Waals surface area contributed by atoms with Gasteiger partial charge in [-0.25, -0.2) is 4.79 Å². The number of carboxylic acids is 1. The number of ether oxygens (including phenoxy) is 1. The molecule has 0 aliphatic heterocycles. The summed E-state index contributed by atoms with van der Waals surface area (Å²) in [6.45, 7) is 0. The van der Waals surface area contributed by atoms with E-state index in [-0.39, 0.29) is 5.56 Å². The highest BCUT2D eigenvalue weighted by Gasteiger charge is 2.12. The van der Waals surface area contributed by atoms with Gasteiger partial charge in [0.05, 0.1) is 24.0 Å². The van der Waals surface area contributed by atoms with E-state index in [1.54, 1.807) is 30.3 Å². The highest BCUT2D eigenvalue weighted by Crippen LogP contribution is 2.32. The number of aromatic carboxylic acids is 1. The van der Waals surface area contributed by atoms with E-state index in [9.17, 15) is 9.90 Å². The van der Waals surface area contributed by atoms with Crippen LogP contribution in [-0.2, 0) is 0 Å². The molecular formula is C14H13ClN2O3. The first-order valence-corrected chi connectivity index (χ1v) is 6.12. The van der Waals surface area contributed by atoms with E-state index >= 15 is 0 Å².